The summed E-state index contributed by atoms with van der Waals surface area (Å²) in [7, 11) is 0. The van der Waals surface area contributed by atoms with Crippen molar-refractivity contribution < 1.29 is 4.39 Å². The van der Waals surface area contributed by atoms with Crippen molar-refractivity contribution in [1.82, 2.24) is 0 Å². The van der Waals surface area contributed by atoms with Crippen molar-refractivity contribution in [3.63, 3.8) is 0 Å². The fraction of sp³-hybridized carbons (Fsp3) is 0.733. The molecule has 0 saturated heterocycles. The van der Waals surface area contributed by atoms with E-state index < -0.39 is 0 Å². The van der Waals surface area contributed by atoms with Crippen LogP contribution in [0.5, 0.6) is 0 Å². The Morgan fingerprint density at radius 1 is 0.677 bits per heavy atom. The maximum absolute atomic E-state index is 13.0. The maximum Gasteiger partial charge on any atom is 0.123 e. The Kier molecular flexibility index (Phi) is 11.2. The molecule has 0 unspecified atom stereocenters. The number of allylic oxidation sites excluding steroid dienone is 2. The van der Waals surface area contributed by atoms with Crippen LogP contribution in [0.15, 0.2) is 36.4 Å². The zero-order valence-electron chi connectivity index (χ0n) is 20.2. The van der Waals surface area contributed by atoms with E-state index in [1.807, 2.05) is 12.1 Å². The van der Waals surface area contributed by atoms with Gasteiger partial charge >= 0.3 is 0 Å². The van der Waals surface area contributed by atoms with E-state index in [1.54, 1.807) is 12.1 Å². The molecule has 31 heavy (non-hydrogen) atoms. The zero-order chi connectivity index (χ0) is 21.7. The smallest absolute Gasteiger partial charge is 0.123 e. The first kappa shape index (κ1) is 24.5. The molecule has 0 heterocycles. The fourth-order valence-corrected chi connectivity index (χ4v) is 5.89. The lowest BCUT2D eigenvalue weighted by Crippen LogP contribution is -2.15. The van der Waals surface area contributed by atoms with Crippen LogP contribution in [0.3, 0.4) is 0 Å². The summed E-state index contributed by atoms with van der Waals surface area (Å²) in [5.41, 5.74) is 1.29. The molecule has 0 nitrogen and oxygen atoms in total. The molecular formula is C30H47F. The molecule has 1 heteroatoms. The summed E-state index contributed by atoms with van der Waals surface area (Å²) in [6.45, 7) is 2.30. The van der Waals surface area contributed by atoms with Crippen molar-refractivity contribution >= 4 is 0 Å². The van der Waals surface area contributed by atoms with Crippen molar-refractivity contribution in [3.05, 3.63) is 47.8 Å². The SMILES string of the molecule is CCCCCCCCC1CCC(C=CC2CCC(CCc3ccc(F)cc3)CC2)CC1. The Hall–Kier alpha value is -1.11. The molecule has 0 bridgehead atoms. The van der Waals surface area contributed by atoms with E-state index in [1.165, 1.54) is 108 Å². The molecule has 0 spiro atoms. The molecule has 0 amide bonds. The second-order valence-corrected chi connectivity index (χ2v) is 10.7. The minimum absolute atomic E-state index is 0.123. The molecule has 0 aliphatic heterocycles. The highest BCUT2D eigenvalue weighted by Crippen LogP contribution is 2.35. The van der Waals surface area contributed by atoms with Gasteiger partial charge in [0, 0.05) is 0 Å². The fourth-order valence-electron chi connectivity index (χ4n) is 5.89. The Labute approximate surface area is 192 Å². The molecule has 0 atom stereocenters. The van der Waals surface area contributed by atoms with Crippen LogP contribution >= 0.6 is 0 Å². The van der Waals surface area contributed by atoms with Crippen molar-refractivity contribution in [2.24, 2.45) is 23.7 Å². The highest BCUT2D eigenvalue weighted by molar-refractivity contribution is 5.16. The van der Waals surface area contributed by atoms with E-state index >= 15 is 0 Å². The normalized spacial score (nSPS) is 27.0. The van der Waals surface area contributed by atoms with E-state index in [4.69, 9.17) is 0 Å². The van der Waals surface area contributed by atoms with Crippen LogP contribution in [-0.2, 0) is 6.42 Å². The number of rotatable bonds is 12. The van der Waals surface area contributed by atoms with Crippen LogP contribution in [0.2, 0.25) is 0 Å². The third kappa shape index (κ3) is 9.50. The van der Waals surface area contributed by atoms with Crippen molar-refractivity contribution in [2.75, 3.05) is 0 Å². The Bertz CT molecular complexity index is 600. The van der Waals surface area contributed by atoms with Gasteiger partial charge in [-0.1, -0.05) is 76.2 Å². The monoisotopic (exact) mass is 426 g/mol. The average molecular weight is 427 g/mol. The lowest BCUT2D eigenvalue weighted by molar-refractivity contribution is 0.282. The van der Waals surface area contributed by atoms with Crippen molar-refractivity contribution in [3.8, 4) is 0 Å². The summed E-state index contributed by atoms with van der Waals surface area (Å²) in [6, 6.07) is 7.09. The first-order chi connectivity index (χ1) is 15.2. The Balaban J connectivity index is 1.24. The second kappa shape index (κ2) is 14.1. The number of aryl methyl sites for hydroxylation is 1. The molecular weight excluding hydrogens is 379 g/mol. The quantitative estimate of drug-likeness (QED) is 0.230. The van der Waals surface area contributed by atoms with Crippen molar-refractivity contribution in [2.45, 2.75) is 116 Å². The second-order valence-electron chi connectivity index (χ2n) is 10.7. The van der Waals surface area contributed by atoms with Crippen LogP contribution in [0.4, 0.5) is 4.39 Å². The molecule has 2 aliphatic rings. The molecule has 0 aromatic heterocycles. The van der Waals surface area contributed by atoms with Crippen LogP contribution in [-0.4, -0.2) is 0 Å². The summed E-state index contributed by atoms with van der Waals surface area (Å²) in [6.07, 6.45) is 29.0. The van der Waals surface area contributed by atoms with Gasteiger partial charge in [-0.2, -0.15) is 0 Å². The highest BCUT2D eigenvalue weighted by Gasteiger charge is 2.22. The third-order valence-corrected chi connectivity index (χ3v) is 8.16. The summed E-state index contributed by atoms with van der Waals surface area (Å²) < 4.78 is 13.0. The molecule has 174 valence electrons. The first-order valence-corrected chi connectivity index (χ1v) is 13.7. The molecule has 3 rings (SSSR count). The summed E-state index contributed by atoms with van der Waals surface area (Å²) in [4.78, 5) is 0. The summed E-state index contributed by atoms with van der Waals surface area (Å²) >= 11 is 0. The predicted molar refractivity (Wildman–Crippen MR) is 133 cm³/mol. The number of hydrogen-bond donors (Lipinski definition) is 0. The molecule has 1 aromatic carbocycles. The van der Waals surface area contributed by atoms with Crippen LogP contribution in [0.1, 0.15) is 115 Å². The highest BCUT2D eigenvalue weighted by atomic mass is 19.1. The molecule has 0 N–H and O–H groups in total. The molecule has 2 saturated carbocycles. The Morgan fingerprint density at radius 2 is 1.19 bits per heavy atom. The lowest BCUT2D eigenvalue weighted by atomic mass is 9.77. The number of unbranched alkanes of at least 4 members (excludes halogenated alkanes) is 5. The predicted octanol–water partition coefficient (Wildman–Crippen LogP) is 9.68. The number of halogens is 1. The van der Waals surface area contributed by atoms with E-state index in [-0.39, 0.29) is 5.82 Å². The zero-order valence-corrected chi connectivity index (χ0v) is 20.2. The van der Waals surface area contributed by atoms with Gasteiger partial charge in [0.05, 0.1) is 0 Å². The standard InChI is InChI=1S/C30H47F/c1-2-3-4-5-6-7-8-25-9-11-26(12-10-25)13-14-27-15-17-28(18-16-27)19-20-29-21-23-30(31)24-22-29/h13-14,21-28H,2-12,15-20H2,1H3. The largest absolute Gasteiger partial charge is 0.207 e. The van der Waals surface area contributed by atoms with Crippen molar-refractivity contribution in [1.29, 1.82) is 0 Å². The van der Waals surface area contributed by atoms with E-state index in [0.717, 1.165) is 30.1 Å². The lowest BCUT2D eigenvalue weighted by Gasteiger charge is -2.29. The maximum atomic E-state index is 13.0. The third-order valence-electron chi connectivity index (χ3n) is 8.16. The molecule has 1 aromatic rings. The van der Waals surface area contributed by atoms with Gasteiger partial charge in [-0.15, -0.1) is 0 Å². The minimum atomic E-state index is -0.123. The Morgan fingerprint density at radius 3 is 1.77 bits per heavy atom. The summed E-state index contributed by atoms with van der Waals surface area (Å²) in [5, 5.41) is 0. The topological polar surface area (TPSA) is 0 Å². The van der Waals surface area contributed by atoms with E-state index in [0.29, 0.717) is 0 Å². The van der Waals surface area contributed by atoms with Gasteiger partial charge in [-0.25, -0.2) is 4.39 Å². The van der Waals surface area contributed by atoms with Gasteiger partial charge in [-0.05, 0) is 106 Å². The molecule has 0 radical (unpaired) electrons. The van der Waals surface area contributed by atoms with Crippen LogP contribution in [0.25, 0.3) is 0 Å². The van der Waals surface area contributed by atoms with Gasteiger partial charge in [-0.3, -0.25) is 0 Å². The van der Waals surface area contributed by atoms with Gasteiger partial charge in [0.1, 0.15) is 5.82 Å². The molecule has 2 aliphatic carbocycles. The van der Waals surface area contributed by atoms with Gasteiger partial charge in [0.15, 0.2) is 0 Å². The number of benzene rings is 1. The van der Waals surface area contributed by atoms with Gasteiger partial charge in [0.2, 0.25) is 0 Å². The van der Waals surface area contributed by atoms with E-state index in [2.05, 4.69) is 19.1 Å². The average Bonchev–Trinajstić information content (AvgIpc) is 2.81. The number of hydrogen-bond acceptors (Lipinski definition) is 0. The summed E-state index contributed by atoms with van der Waals surface area (Å²) in [5.74, 6) is 3.45. The van der Waals surface area contributed by atoms with Crippen LogP contribution in [0, 0.1) is 29.5 Å². The first-order valence-electron chi connectivity index (χ1n) is 13.7. The van der Waals surface area contributed by atoms with Gasteiger partial charge in [0.25, 0.3) is 0 Å². The van der Waals surface area contributed by atoms with E-state index in [9.17, 15) is 4.39 Å². The minimum Gasteiger partial charge on any atom is -0.207 e. The van der Waals surface area contributed by atoms with Crippen LogP contribution < -0.4 is 0 Å². The molecule has 2 fully saturated rings. The van der Waals surface area contributed by atoms with Gasteiger partial charge < -0.3 is 0 Å².